The summed E-state index contributed by atoms with van der Waals surface area (Å²) < 4.78 is 0. The van der Waals surface area contributed by atoms with E-state index in [1.165, 1.54) is 72.5 Å². The molecule has 0 saturated heterocycles. The van der Waals surface area contributed by atoms with Crippen molar-refractivity contribution in [1.82, 2.24) is 5.32 Å². The van der Waals surface area contributed by atoms with Crippen LogP contribution >= 0.6 is 0 Å². The fraction of sp³-hybridized carbons (Fsp3) is 0.160. The van der Waals surface area contributed by atoms with Crippen LogP contribution in [0.3, 0.4) is 0 Å². The van der Waals surface area contributed by atoms with E-state index in [4.69, 9.17) is 0 Å². The molecule has 252 valence electrons. The monoisotopic (exact) mass is 661 g/mol. The van der Waals surface area contributed by atoms with E-state index in [0.29, 0.717) is 0 Å². The third-order valence-corrected chi connectivity index (χ3v) is 10.1. The molecule has 4 aromatic rings. The average molecular weight is 662 g/mol. The van der Waals surface area contributed by atoms with Crippen molar-refractivity contribution in [1.29, 1.82) is 0 Å². The van der Waals surface area contributed by atoms with Crippen LogP contribution in [-0.4, -0.2) is 0 Å². The Morgan fingerprint density at radius 3 is 2.18 bits per heavy atom. The van der Waals surface area contributed by atoms with Gasteiger partial charge in [-0.15, -0.1) is 0 Å². The van der Waals surface area contributed by atoms with E-state index < -0.39 is 0 Å². The van der Waals surface area contributed by atoms with E-state index in [1.54, 1.807) is 0 Å². The molecule has 1 heteroatoms. The van der Waals surface area contributed by atoms with Gasteiger partial charge in [-0.05, 0) is 123 Å². The van der Waals surface area contributed by atoms with Crippen LogP contribution < -0.4 is 5.32 Å². The fourth-order valence-corrected chi connectivity index (χ4v) is 7.60. The van der Waals surface area contributed by atoms with Crippen LogP contribution in [0.5, 0.6) is 0 Å². The van der Waals surface area contributed by atoms with Gasteiger partial charge in [0.2, 0.25) is 0 Å². The summed E-state index contributed by atoms with van der Waals surface area (Å²) in [6.45, 7) is 8.38. The lowest BCUT2D eigenvalue weighted by Crippen LogP contribution is -2.24. The molecule has 8 rings (SSSR count). The molecule has 0 aromatic heterocycles. The maximum atomic E-state index is 4.38. The summed E-state index contributed by atoms with van der Waals surface area (Å²) in [5.74, 6) is 0. The predicted molar refractivity (Wildman–Crippen MR) is 221 cm³/mol. The maximum Gasteiger partial charge on any atom is 0.0707 e. The number of allylic oxidation sites excluding steroid dienone is 15. The highest BCUT2D eigenvalue weighted by Gasteiger charge is 2.22. The zero-order chi connectivity index (χ0) is 35.0. The van der Waals surface area contributed by atoms with Crippen molar-refractivity contribution >= 4 is 22.3 Å². The second-order valence-corrected chi connectivity index (χ2v) is 13.2. The summed E-state index contributed by atoms with van der Waals surface area (Å²) in [6.07, 6.45) is 27.7. The van der Waals surface area contributed by atoms with Crippen LogP contribution in [0.1, 0.15) is 79.8 Å². The van der Waals surface area contributed by atoms with Gasteiger partial charge in [-0.2, -0.15) is 0 Å². The van der Waals surface area contributed by atoms with Crippen molar-refractivity contribution in [3.8, 4) is 11.1 Å². The van der Waals surface area contributed by atoms with Crippen LogP contribution in [-0.2, 0) is 0 Å². The van der Waals surface area contributed by atoms with E-state index in [1.807, 2.05) is 13.8 Å². The molecule has 4 aliphatic rings. The molecule has 1 heterocycles. The SMILES string of the molecule is C=C1/C=C\C=C/CC2=C(CCC(c3cccc(-c4ccccc4C4=CC(c5ccccc5)NC(C5=CC=CCC5)=C4)c3)=C2)c2ccccc21.CC. The van der Waals surface area contributed by atoms with Crippen LogP contribution in [0.2, 0.25) is 0 Å². The third-order valence-electron chi connectivity index (χ3n) is 10.1. The Hall–Kier alpha value is -5.66. The average Bonchev–Trinajstić information content (AvgIpc) is 3.22. The highest BCUT2D eigenvalue weighted by atomic mass is 14.9. The number of benzene rings is 4. The summed E-state index contributed by atoms with van der Waals surface area (Å²) in [6, 6.07) is 37.7. The smallest absolute Gasteiger partial charge is 0.0707 e. The first-order chi connectivity index (χ1) is 25.2. The molecule has 51 heavy (non-hydrogen) atoms. The van der Waals surface area contributed by atoms with Gasteiger partial charge in [-0.1, -0.05) is 166 Å². The van der Waals surface area contributed by atoms with Gasteiger partial charge in [0.25, 0.3) is 0 Å². The molecule has 1 aliphatic heterocycles. The van der Waals surface area contributed by atoms with E-state index >= 15 is 0 Å². The van der Waals surface area contributed by atoms with Crippen molar-refractivity contribution < 1.29 is 0 Å². The second kappa shape index (κ2) is 15.9. The van der Waals surface area contributed by atoms with Gasteiger partial charge in [0.1, 0.15) is 0 Å². The minimum Gasteiger partial charge on any atom is -0.374 e. The third kappa shape index (κ3) is 7.44. The van der Waals surface area contributed by atoms with Gasteiger partial charge in [-0.25, -0.2) is 0 Å². The molecule has 1 unspecified atom stereocenters. The largest absolute Gasteiger partial charge is 0.374 e. The molecule has 1 atom stereocenters. The quantitative estimate of drug-likeness (QED) is 0.224. The normalized spacial score (nSPS) is 19.4. The minimum atomic E-state index is 0.0985. The first kappa shape index (κ1) is 33.8. The van der Waals surface area contributed by atoms with Crippen molar-refractivity contribution in [2.75, 3.05) is 0 Å². The molecule has 0 saturated carbocycles. The van der Waals surface area contributed by atoms with E-state index in [-0.39, 0.29) is 6.04 Å². The zero-order valence-electron chi connectivity index (χ0n) is 29.9. The fourth-order valence-electron chi connectivity index (χ4n) is 7.60. The summed E-state index contributed by atoms with van der Waals surface area (Å²) in [4.78, 5) is 0. The molecule has 1 N–H and O–H groups in total. The molecule has 0 radical (unpaired) electrons. The van der Waals surface area contributed by atoms with E-state index in [2.05, 4.69) is 176 Å². The lowest BCUT2D eigenvalue weighted by atomic mass is 9.81. The molecule has 0 fully saturated rings. The maximum absolute atomic E-state index is 4.38. The van der Waals surface area contributed by atoms with Crippen LogP contribution in [0, 0.1) is 0 Å². The highest BCUT2D eigenvalue weighted by molar-refractivity contribution is 5.90. The number of hydrogen-bond acceptors (Lipinski definition) is 1. The lowest BCUT2D eigenvalue weighted by Gasteiger charge is -2.28. The number of rotatable bonds is 5. The van der Waals surface area contributed by atoms with E-state index in [9.17, 15) is 0 Å². The molecule has 1 nitrogen and oxygen atoms in total. The summed E-state index contributed by atoms with van der Waals surface area (Å²) in [7, 11) is 0. The lowest BCUT2D eigenvalue weighted by molar-refractivity contribution is 0.703. The van der Waals surface area contributed by atoms with Gasteiger partial charge in [0.15, 0.2) is 0 Å². The highest BCUT2D eigenvalue weighted by Crippen LogP contribution is 2.42. The molecule has 0 amide bonds. The van der Waals surface area contributed by atoms with E-state index in [0.717, 1.165) is 37.7 Å². The number of fused-ring (bicyclic) bond motifs is 2. The first-order valence-electron chi connectivity index (χ1n) is 18.6. The molecule has 3 aliphatic carbocycles. The van der Waals surface area contributed by atoms with Gasteiger partial charge in [-0.3, -0.25) is 0 Å². The number of nitrogens with one attached hydrogen (secondary N) is 1. The van der Waals surface area contributed by atoms with Gasteiger partial charge < -0.3 is 5.32 Å². The van der Waals surface area contributed by atoms with Gasteiger partial charge in [0, 0.05) is 5.70 Å². The standard InChI is InChI=1S/C48H41N.C2H6/c1-34-16-5-2-10-21-39-31-38(28-29-45(39)46-27-14-11-24-42(34)46)37-22-15-23-40(30-37)43-25-12-13-26-44(43)41-32-47(35-17-6-3-7-18-35)49-48(33-41)36-19-8-4-9-20-36;1-2/h2-8,10-19,22-27,30-33,47,49H,1,9,20-21,28-29H2;1-2H3/b10-2-,16-5-;. The molecule has 4 aromatic carbocycles. The Bertz CT molecular complexity index is 2170. The Balaban J connectivity index is 0.00000200. The van der Waals surface area contributed by atoms with Crippen LogP contribution in [0.25, 0.3) is 33.4 Å². The van der Waals surface area contributed by atoms with Gasteiger partial charge in [0.05, 0.1) is 6.04 Å². The zero-order valence-corrected chi connectivity index (χ0v) is 29.9. The number of dihydropyridines is 1. The summed E-state index contributed by atoms with van der Waals surface area (Å²) >= 11 is 0. The number of hydrogen-bond donors (Lipinski definition) is 1. The molecular formula is C50H47N. The Morgan fingerprint density at radius 2 is 1.37 bits per heavy atom. The summed E-state index contributed by atoms with van der Waals surface area (Å²) in [5.41, 5.74) is 18.0. The Morgan fingerprint density at radius 1 is 0.627 bits per heavy atom. The predicted octanol–water partition coefficient (Wildman–Crippen LogP) is 13.4. The first-order valence-corrected chi connectivity index (χ1v) is 18.6. The Kier molecular flexibility index (Phi) is 10.6. The molecule has 0 bridgehead atoms. The van der Waals surface area contributed by atoms with Crippen LogP contribution in [0.4, 0.5) is 0 Å². The molecule has 0 spiro atoms. The summed E-state index contributed by atoms with van der Waals surface area (Å²) in [5, 5.41) is 3.86. The van der Waals surface area contributed by atoms with Crippen molar-refractivity contribution in [3.05, 3.63) is 215 Å². The Labute approximate surface area is 304 Å². The van der Waals surface area contributed by atoms with Crippen molar-refractivity contribution in [2.45, 2.75) is 52.0 Å². The second-order valence-electron chi connectivity index (χ2n) is 13.2. The van der Waals surface area contributed by atoms with Crippen molar-refractivity contribution in [3.63, 3.8) is 0 Å². The van der Waals surface area contributed by atoms with Gasteiger partial charge >= 0.3 is 0 Å². The van der Waals surface area contributed by atoms with Crippen molar-refractivity contribution in [2.24, 2.45) is 0 Å². The van der Waals surface area contributed by atoms with Crippen LogP contribution in [0.15, 0.2) is 187 Å². The topological polar surface area (TPSA) is 12.0 Å². The molecular weight excluding hydrogens is 615 g/mol. The minimum absolute atomic E-state index is 0.0985.